The van der Waals surface area contributed by atoms with E-state index in [1.807, 2.05) is 0 Å². The van der Waals surface area contributed by atoms with Crippen LogP contribution in [0.15, 0.2) is 12.4 Å². The fourth-order valence-electron chi connectivity index (χ4n) is 2.02. The molecule has 0 aromatic carbocycles. The van der Waals surface area contributed by atoms with E-state index in [0.717, 1.165) is 30.9 Å². The molecule has 1 fully saturated rings. The quantitative estimate of drug-likeness (QED) is 0.867. The van der Waals surface area contributed by atoms with Crippen LogP contribution >= 0.6 is 0 Å². The zero-order chi connectivity index (χ0) is 12.5. The standard InChI is InChI=1S/C13H21N3O/c1-4-13(2,3)11-7-12(15-9-14-11)16-6-5-10(17)8-16/h7,9-10,17H,4-6,8H2,1-3H3. The predicted molar refractivity (Wildman–Crippen MR) is 68.2 cm³/mol. The monoisotopic (exact) mass is 235 g/mol. The van der Waals surface area contributed by atoms with E-state index in [1.165, 1.54) is 0 Å². The fraction of sp³-hybridized carbons (Fsp3) is 0.692. The van der Waals surface area contributed by atoms with Crippen LogP contribution < -0.4 is 4.90 Å². The SMILES string of the molecule is CCC(C)(C)c1cc(N2CCC(O)C2)ncn1. The van der Waals surface area contributed by atoms with E-state index in [-0.39, 0.29) is 11.5 Å². The molecule has 1 saturated heterocycles. The summed E-state index contributed by atoms with van der Waals surface area (Å²) in [7, 11) is 0. The molecular weight excluding hydrogens is 214 g/mol. The first-order chi connectivity index (χ1) is 8.03. The van der Waals surface area contributed by atoms with Gasteiger partial charge < -0.3 is 10.0 Å². The van der Waals surface area contributed by atoms with Crippen LogP contribution in [0, 0.1) is 0 Å². The summed E-state index contributed by atoms with van der Waals surface area (Å²) < 4.78 is 0. The fourth-order valence-corrected chi connectivity index (χ4v) is 2.02. The Morgan fingerprint density at radius 1 is 1.47 bits per heavy atom. The molecule has 1 aromatic rings. The average molecular weight is 235 g/mol. The third-order valence-corrected chi connectivity index (χ3v) is 3.72. The molecule has 2 heterocycles. The first-order valence-corrected chi connectivity index (χ1v) is 6.28. The Labute approximate surface area is 103 Å². The van der Waals surface area contributed by atoms with Crippen LogP contribution in [-0.2, 0) is 5.41 Å². The maximum absolute atomic E-state index is 9.55. The molecule has 17 heavy (non-hydrogen) atoms. The highest BCUT2D eigenvalue weighted by atomic mass is 16.3. The summed E-state index contributed by atoms with van der Waals surface area (Å²) in [4.78, 5) is 10.8. The number of rotatable bonds is 3. The summed E-state index contributed by atoms with van der Waals surface area (Å²) >= 11 is 0. The molecule has 4 heteroatoms. The molecule has 0 radical (unpaired) electrons. The lowest BCUT2D eigenvalue weighted by molar-refractivity contribution is 0.198. The summed E-state index contributed by atoms with van der Waals surface area (Å²) in [5.41, 5.74) is 1.15. The number of nitrogens with zero attached hydrogens (tertiary/aromatic N) is 3. The van der Waals surface area contributed by atoms with E-state index in [0.29, 0.717) is 6.54 Å². The van der Waals surface area contributed by atoms with Crippen molar-refractivity contribution in [2.75, 3.05) is 18.0 Å². The highest BCUT2D eigenvalue weighted by Crippen LogP contribution is 2.27. The molecule has 1 atom stereocenters. The lowest BCUT2D eigenvalue weighted by Gasteiger charge is -2.24. The van der Waals surface area contributed by atoms with Crippen molar-refractivity contribution in [1.29, 1.82) is 0 Å². The van der Waals surface area contributed by atoms with E-state index in [2.05, 4.69) is 41.7 Å². The van der Waals surface area contributed by atoms with Crippen molar-refractivity contribution in [2.24, 2.45) is 0 Å². The van der Waals surface area contributed by atoms with Gasteiger partial charge in [-0.1, -0.05) is 20.8 Å². The summed E-state index contributed by atoms with van der Waals surface area (Å²) in [6.45, 7) is 8.12. The first-order valence-electron chi connectivity index (χ1n) is 6.28. The van der Waals surface area contributed by atoms with Crippen LogP contribution in [0.25, 0.3) is 0 Å². The highest BCUT2D eigenvalue weighted by molar-refractivity contribution is 5.41. The highest BCUT2D eigenvalue weighted by Gasteiger charge is 2.24. The van der Waals surface area contributed by atoms with E-state index < -0.39 is 0 Å². The Balaban J connectivity index is 2.23. The van der Waals surface area contributed by atoms with Gasteiger partial charge in [0.25, 0.3) is 0 Å². The summed E-state index contributed by atoms with van der Waals surface area (Å²) in [5.74, 6) is 0.938. The number of hydrogen-bond acceptors (Lipinski definition) is 4. The van der Waals surface area contributed by atoms with Gasteiger partial charge in [-0.15, -0.1) is 0 Å². The zero-order valence-electron chi connectivity index (χ0n) is 10.8. The van der Waals surface area contributed by atoms with E-state index in [1.54, 1.807) is 6.33 Å². The normalized spacial score (nSPS) is 20.9. The third-order valence-electron chi connectivity index (χ3n) is 3.72. The Kier molecular flexibility index (Phi) is 3.33. The van der Waals surface area contributed by atoms with Gasteiger partial charge in [-0.25, -0.2) is 9.97 Å². The molecule has 0 amide bonds. The summed E-state index contributed by atoms with van der Waals surface area (Å²) in [6, 6.07) is 2.06. The van der Waals surface area contributed by atoms with Crippen LogP contribution in [0.5, 0.6) is 0 Å². The number of hydrogen-bond donors (Lipinski definition) is 1. The second-order valence-electron chi connectivity index (χ2n) is 5.39. The molecule has 94 valence electrons. The van der Waals surface area contributed by atoms with Crippen LogP contribution in [0.1, 0.15) is 39.3 Å². The third kappa shape index (κ3) is 2.57. The topological polar surface area (TPSA) is 49.2 Å². The van der Waals surface area contributed by atoms with Gasteiger partial charge in [-0.2, -0.15) is 0 Å². The van der Waals surface area contributed by atoms with Gasteiger partial charge >= 0.3 is 0 Å². The Hall–Kier alpha value is -1.16. The van der Waals surface area contributed by atoms with Crippen molar-refractivity contribution in [3.8, 4) is 0 Å². The molecule has 0 saturated carbocycles. The van der Waals surface area contributed by atoms with Crippen molar-refractivity contribution < 1.29 is 5.11 Å². The molecule has 1 aliphatic rings. The Morgan fingerprint density at radius 3 is 2.82 bits per heavy atom. The maximum atomic E-state index is 9.55. The molecule has 4 nitrogen and oxygen atoms in total. The Morgan fingerprint density at radius 2 is 2.24 bits per heavy atom. The minimum Gasteiger partial charge on any atom is -0.391 e. The van der Waals surface area contributed by atoms with Crippen molar-refractivity contribution in [3.05, 3.63) is 18.1 Å². The average Bonchev–Trinajstić information content (AvgIpc) is 2.76. The number of β-amino-alcohol motifs (C(OH)–C–C–N with tert-alkyl or cyclic N) is 1. The van der Waals surface area contributed by atoms with Crippen LogP contribution in [0.2, 0.25) is 0 Å². The minimum absolute atomic E-state index is 0.0794. The van der Waals surface area contributed by atoms with Gasteiger partial charge in [-0.05, 0) is 12.8 Å². The van der Waals surface area contributed by atoms with E-state index in [9.17, 15) is 5.11 Å². The minimum atomic E-state index is -0.215. The van der Waals surface area contributed by atoms with Gasteiger partial charge in [0, 0.05) is 24.6 Å². The zero-order valence-corrected chi connectivity index (χ0v) is 10.8. The van der Waals surface area contributed by atoms with Gasteiger partial charge in [0.05, 0.1) is 11.8 Å². The van der Waals surface area contributed by atoms with Crippen molar-refractivity contribution in [1.82, 2.24) is 9.97 Å². The largest absolute Gasteiger partial charge is 0.391 e. The molecule has 0 bridgehead atoms. The second-order valence-corrected chi connectivity index (χ2v) is 5.39. The van der Waals surface area contributed by atoms with Crippen LogP contribution in [0.4, 0.5) is 5.82 Å². The van der Waals surface area contributed by atoms with Crippen molar-refractivity contribution in [3.63, 3.8) is 0 Å². The lowest BCUT2D eigenvalue weighted by Crippen LogP contribution is -2.24. The smallest absolute Gasteiger partial charge is 0.132 e. The van der Waals surface area contributed by atoms with Gasteiger partial charge in [0.2, 0.25) is 0 Å². The maximum Gasteiger partial charge on any atom is 0.132 e. The summed E-state index contributed by atoms with van der Waals surface area (Å²) in [6.07, 6.45) is 3.29. The second kappa shape index (κ2) is 4.61. The number of aliphatic hydroxyl groups excluding tert-OH is 1. The van der Waals surface area contributed by atoms with Crippen LogP contribution in [-0.4, -0.2) is 34.3 Å². The Bertz CT molecular complexity index is 392. The van der Waals surface area contributed by atoms with Crippen molar-refractivity contribution in [2.45, 2.75) is 45.1 Å². The molecule has 1 N–H and O–H groups in total. The van der Waals surface area contributed by atoms with E-state index >= 15 is 0 Å². The molecule has 0 spiro atoms. The molecular formula is C13H21N3O. The van der Waals surface area contributed by atoms with E-state index in [4.69, 9.17) is 0 Å². The van der Waals surface area contributed by atoms with Gasteiger partial charge in [-0.3, -0.25) is 0 Å². The first kappa shape index (κ1) is 12.3. The van der Waals surface area contributed by atoms with Crippen molar-refractivity contribution >= 4 is 5.82 Å². The predicted octanol–water partition coefficient (Wildman–Crippen LogP) is 1.74. The molecule has 1 unspecified atom stereocenters. The number of aliphatic hydroxyl groups is 1. The molecule has 2 rings (SSSR count). The van der Waals surface area contributed by atoms with Gasteiger partial charge in [0.1, 0.15) is 12.1 Å². The molecule has 1 aromatic heterocycles. The van der Waals surface area contributed by atoms with Crippen LogP contribution in [0.3, 0.4) is 0 Å². The number of anilines is 1. The van der Waals surface area contributed by atoms with Gasteiger partial charge in [0.15, 0.2) is 0 Å². The lowest BCUT2D eigenvalue weighted by atomic mass is 9.86. The summed E-state index contributed by atoms with van der Waals surface area (Å²) in [5, 5.41) is 9.55. The number of aromatic nitrogens is 2. The molecule has 1 aliphatic heterocycles. The molecule has 0 aliphatic carbocycles.